The molecule has 9 nitrogen and oxygen atoms in total. The summed E-state index contributed by atoms with van der Waals surface area (Å²) in [7, 11) is -0.638. The number of para-hydroxylation sites is 1. The molecule has 0 unspecified atom stereocenters. The van der Waals surface area contributed by atoms with Crippen molar-refractivity contribution in [3.05, 3.63) is 65.9 Å². The van der Waals surface area contributed by atoms with Gasteiger partial charge in [-0.3, -0.25) is 14.5 Å². The highest BCUT2D eigenvalue weighted by molar-refractivity contribution is 7.89. The fourth-order valence-corrected chi connectivity index (χ4v) is 5.13. The number of aromatic amines is 1. The van der Waals surface area contributed by atoms with Crippen LogP contribution in [0.4, 0.5) is 0 Å². The van der Waals surface area contributed by atoms with Crippen molar-refractivity contribution in [3.63, 3.8) is 0 Å². The van der Waals surface area contributed by atoms with Crippen LogP contribution in [0, 0.1) is 0 Å². The molecule has 1 aliphatic heterocycles. The summed E-state index contributed by atoms with van der Waals surface area (Å²) in [4.78, 5) is 32.5. The smallest absolute Gasteiger partial charge is 0.270 e. The van der Waals surface area contributed by atoms with Crippen molar-refractivity contribution in [1.29, 1.82) is 0 Å². The Kier molecular flexibility index (Phi) is 7.01. The van der Waals surface area contributed by atoms with E-state index in [-0.39, 0.29) is 29.8 Å². The number of nitrogens with zero attached hydrogens (tertiary/aromatic N) is 3. The lowest BCUT2D eigenvalue weighted by Gasteiger charge is -2.34. The Morgan fingerprint density at radius 1 is 1.00 bits per heavy atom. The fourth-order valence-electron chi connectivity index (χ4n) is 4.02. The largest absolute Gasteiger partial charge is 0.351 e. The number of sulfonamides is 1. The summed E-state index contributed by atoms with van der Waals surface area (Å²) in [6.45, 7) is 2.56. The lowest BCUT2D eigenvalue weighted by molar-refractivity contribution is -0.122. The molecule has 0 bridgehead atoms. The van der Waals surface area contributed by atoms with Gasteiger partial charge in [0.1, 0.15) is 5.69 Å². The number of H-pyrrole nitrogens is 1. The molecule has 0 aliphatic carbocycles. The van der Waals surface area contributed by atoms with Gasteiger partial charge in [-0.05, 0) is 23.8 Å². The van der Waals surface area contributed by atoms with E-state index in [9.17, 15) is 18.0 Å². The van der Waals surface area contributed by atoms with Crippen LogP contribution in [0.25, 0.3) is 10.9 Å². The zero-order chi connectivity index (χ0) is 24.3. The van der Waals surface area contributed by atoms with Gasteiger partial charge in [0, 0.05) is 57.7 Å². The molecule has 4 rings (SSSR count). The van der Waals surface area contributed by atoms with E-state index in [1.807, 2.05) is 35.2 Å². The number of carbonyl (C=O) groups excluding carboxylic acids is 2. The van der Waals surface area contributed by atoms with Crippen LogP contribution in [0.3, 0.4) is 0 Å². The summed E-state index contributed by atoms with van der Waals surface area (Å²) >= 11 is 0. The van der Waals surface area contributed by atoms with Crippen molar-refractivity contribution < 1.29 is 18.0 Å². The number of hydrogen-bond acceptors (Lipinski definition) is 5. The van der Waals surface area contributed by atoms with Crippen molar-refractivity contribution in [3.8, 4) is 0 Å². The Morgan fingerprint density at radius 2 is 1.68 bits per heavy atom. The van der Waals surface area contributed by atoms with Crippen molar-refractivity contribution in [2.75, 3.05) is 46.8 Å². The standard InChI is InChI=1S/C24H29N5O4S/c1-27(2)34(32,33)22-10-6-4-8-19(22)16-25-23(30)17-28-11-13-29(14-12-28)24(31)21-15-18-7-3-5-9-20(18)26-21/h3-10,15,26H,11-14,16-17H2,1-2H3,(H,25,30). The van der Waals surface area contributed by atoms with E-state index in [4.69, 9.17) is 0 Å². The second-order valence-corrected chi connectivity index (χ2v) is 10.6. The van der Waals surface area contributed by atoms with Crippen molar-refractivity contribution in [2.45, 2.75) is 11.4 Å². The van der Waals surface area contributed by atoms with Crippen LogP contribution in [-0.2, 0) is 21.4 Å². The van der Waals surface area contributed by atoms with Crippen LogP contribution in [0.5, 0.6) is 0 Å². The summed E-state index contributed by atoms with van der Waals surface area (Å²) in [6, 6.07) is 16.3. The first-order valence-electron chi connectivity index (χ1n) is 11.1. The molecule has 0 atom stereocenters. The number of benzene rings is 2. The average Bonchev–Trinajstić information content (AvgIpc) is 3.27. The van der Waals surface area contributed by atoms with E-state index < -0.39 is 10.0 Å². The van der Waals surface area contributed by atoms with Crippen LogP contribution in [0.1, 0.15) is 16.1 Å². The van der Waals surface area contributed by atoms with Gasteiger partial charge in [-0.2, -0.15) is 0 Å². The minimum absolute atomic E-state index is 0.0426. The molecule has 0 spiro atoms. The Labute approximate surface area is 199 Å². The number of carbonyl (C=O) groups is 2. The maximum atomic E-state index is 12.9. The third-order valence-electron chi connectivity index (χ3n) is 5.99. The third-order valence-corrected chi connectivity index (χ3v) is 7.91. The summed E-state index contributed by atoms with van der Waals surface area (Å²) in [5.74, 6) is -0.230. The Balaban J connectivity index is 1.29. The number of fused-ring (bicyclic) bond motifs is 1. The van der Waals surface area contributed by atoms with Crippen LogP contribution in [-0.4, -0.2) is 86.1 Å². The SMILES string of the molecule is CN(C)S(=O)(=O)c1ccccc1CNC(=O)CN1CCN(C(=O)c2cc3ccccc3[nH]2)CC1. The van der Waals surface area contributed by atoms with Crippen LogP contribution < -0.4 is 5.32 Å². The van der Waals surface area contributed by atoms with E-state index in [0.29, 0.717) is 37.4 Å². The molecular weight excluding hydrogens is 454 g/mol. The molecule has 2 aromatic carbocycles. The first kappa shape index (κ1) is 23.9. The van der Waals surface area contributed by atoms with E-state index in [2.05, 4.69) is 10.3 Å². The molecule has 1 saturated heterocycles. The molecule has 0 saturated carbocycles. The maximum absolute atomic E-state index is 12.9. The lowest BCUT2D eigenvalue weighted by Crippen LogP contribution is -2.51. The summed E-state index contributed by atoms with van der Waals surface area (Å²) in [6.07, 6.45) is 0. The quantitative estimate of drug-likeness (QED) is 0.530. The minimum Gasteiger partial charge on any atom is -0.351 e. The molecular formula is C24H29N5O4S. The first-order valence-corrected chi connectivity index (χ1v) is 12.6. The molecule has 1 fully saturated rings. The summed E-state index contributed by atoms with van der Waals surface area (Å²) < 4.78 is 26.2. The molecule has 180 valence electrons. The van der Waals surface area contributed by atoms with Crippen molar-refractivity contribution >= 4 is 32.7 Å². The Bertz CT molecular complexity index is 1260. The lowest BCUT2D eigenvalue weighted by atomic mass is 10.2. The minimum atomic E-state index is -3.60. The summed E-state index contributed by atoms with van der Waals surface area (Å²) in [5.41, 5.74) is 2.04. The molecule has 2 amide bonds. The normalized spacial score (nSPS) is 15.1. The number of rotatable bonds is 7. The second kappa shape index (κ2) is 9.96. The monoisotopic (exact) mass is 483 g/mol. The highest BCUT2D eigenvalue weighted by Gasteiger charge is 2.25. The van der Waals surface area contributed by atoms with Gasteiger partial charge in [-0.1, -0.05) is 36.4 Å². The maximum Gasteiger partial charge on any atom is 0.270 e. The molecule has 34 heavy (non-hydrogen) atoms. The fraction of sp³-hybridized carbons (Fsp3) is 0.333. The number of nitrogens with one attached hydrogen (secondary N) is 2. The van der Waals surface area contributed by atoms with Gasteiger partial charge < -0.3 is 15.2 Å². The van der Waals surface area contributed by atoms with Gasteiger partial charge >= 0.3 is 0 Å². The average molecular weight is 484 g/mol. The van der Waals surface area contributed by atoms with Gasteiger partial charge in [0.25, 0.3) is 5.91 Å². The third kappa shape index (κ3) is 5.14. The number of piperazine rings is 1. The van der Waals surface area contributed by atoms with Gasteiger partial charge in [0.05, 0.1) is 11.4 Å². The number of aromatic nitrogens is 1. The predicted molar refractivity (Wildman–Crippen MR) is 130 cm³/mol. The van der Waals surface area contributed by atoms with Gasteiger partial charge in [-0.15, -0.1) is 0 Å². The zero-order valence-corrected chi connectivity index (χ0v) is 20.1. The summed E-state index contributed by atoms with van der Waals surface area (Å²) in [5, 5.41) is 3.82. The zero-order valence-electron chi connectivity index (χ0n) is 19.3. The molecule has 1 aliphatic rings. The number of amides is 2. The van der Waals surface area contributed by atoms with E-state index >= 15 is 0 Å². The van der Waals surface area contributed by atoms with Crippen molar-refractivity contribution in [1.82, 2.24) is 24.4 Å². The van der Waals surface area contributed by atoms with Crippen LogP contribution in [0.15, 0.2) is 59.5 Å². The topological polar surface area (TPSA) is 106 Å². The van der Waals surface area contributed by atoms with Crippen molar-refractivity contribution in [2.24, 2.45) is 0 Å². The Hall–Kier alpha value is -3.21. The highest BCUT2D eigenvalue weighted by atomic mass is 32.2. The molecule has 3 aromatic rings. The predicted octanol–water partition coefficient (Wildman–Crippen LogP) is 1.49. The molecule has 0 radical (unpaired) electrons. The highest BCUT2D eigenvalue weighted by Crippen LogP contribution is 2.19. The molecule has 1 aromatic heterocycles. The van der Waals surface area contributed by atoms with E-state index in [1.165, 1.54) is 14.1 Å². The molecule has 2 heterocycles. The van der Waals surface area contributed by atoms with Gasteiger partial charge in [-0.25, -0.2) is 12.7 Å². The second-order valence-electron chi connectivity index (χ2n) is 8.51. The first-order chi connectivity index (χ1) is 16.3. The van der Waals surface area contributed by atoms with Crippen LogP contribution >= 0.6 is 0 Å². The number of hydrogen-bond donors (Lipinski definition) is 2. The van der Waals surface area contributed by atoms with E-state index in [0.717, 1.165) is 15.2 Å². The molecule has 10 heteroatoms. The van der Waals surface area contributed by atoms with Gasteiger partial charge in [0.15, 0.2) is 0 Å². The van der Waals surface area contributed by atoms with E-state index in [1.54, 1.807) is 29.2 Å². The van der Waals surface area contributed by atoms with Crippen LogP contribution in [0.2, 0.25) is 0 Å². The van der Waals surface area contributed by atoms with Gasteiger partial charge in [0.2, 0.25) is 15.9 Å². The molecule has 2 N–H and O–H groups in total. The Morgan fingerprint density at radius 3 is 2.38 bits per heavy atom.